The number of ether oxygens (including phenoxy) is 1. The highest BCUT2D eigenvalue weighted by atomic mass is 16.5. The second-order valence-electron chi connectivity index (χ2n) is 6.01. The Morgan fingerprint density at radius 2 is 2.04 bits per heavy atom. The molecular weight excluding hydrogens is 328 g/mol. The molecular formula is C21H22N2O3. The number of anilines is 2. The van der Waals surface area contributed by atoms with Crippen molar-refractivity contribution < 1.29 is 14.6 Å². The van der Waals surface area contributed by atoms with Gasteiger partial charge in [-0.3, -0.25) is 9.78 Å². The summed E-state index contributed by atoms with van der Waals surface area (Å²) in [5.41, 5.74) is 4.07. The third-order valence-electron chi connectivity index (χ3n) is 4.23. The van der Waals surface area contributed by atoms with Gasteiger partial charge >= 0.3 is 0 Å². The molecule has 5 heteroatoms. The number of aryl methyl sites for hydroxylation is 1. The van der Waals surface area contributed by atoms with Crippen molar-refractivity contribution in [2.24, 2.45) is 0 Å². The molecule has 0 bridgehead atoms. The number of Topliss-reactive ketones (excluding diaryl/α,β-unsaturated/α-hetero) is 1. The molecule has 0 saturated carbocycles. The number of benzene rings is 2. The summed E-state index contributed by atoms with van der Waals surface area (Å²) in [5.74, 6) is 0.652. The minimum absolute atomic E-state index is 0.0252. The van der Waals surface area contributed by atoms with Crippen molar-refractivity contribution in [1.29, 1.82) is 0 Å². The maximum Gasteiger partial charge on any atom is 0.166 e. The number of pyridine rings is 1. The highest BCUT2D eigenvalue weighted by molar-refractivity contribution is 6.09. The first-order chi connectivity index (χ1) is 12.6. The predicted octanol–water partition coefficient (Wildman–Crippen LogP) is 4.25. The second kappa shape index (κ2) is 7.97. The fourth-order valence-corrected chi connectivity index (χ4v) is 2.81. The molecule has 2 N–H and O–H groups in total. The quantitative estimate of drug-likeness (QED) is 0.623. The molecule has 0 atom stereocenters. The van der Waals surface area contributed by atoms with E-state index in [1.54, 1.807) is 6.20 Å². The zero-order valence-electron chi connectivity index (χ0n) is 15.0. The van der Waals surface area contributed by atoms with Gasteiger partial charge in [-0.15, -0.1) is 0 Å². The molecule has 5 nitrogen and oxygen atoms in total. The van der Waals surface area contributed by atoms with E-state index in [-0.39, 0.29) is 19.0 Å². The minimum Gasteiger partial charge on any atom is -0.491 e. The Labute approximate surface area is 152 Å². The fraction of sp³-hybridized carbons (Fsp3) is 0.238. The van der Waals surface area contributed by atoms with Crippen LogP contribution in [0.4, 0.5) is 11.4 Å². The van der Waals surface area contributed by atoms with Crippen molar-refractivity contribution in [1.82, 2.24) is 4.98 Å². The van der Waals surface area contributed by atoms with Crippen molar-refractivity contribution in [3.63, 3.8) is 0 Å². The molecule has 3 rings (SSSR count). The molecule has 0 aliphatic rings. The molecule has 134 valence electrons. The number of carbonyl (C=O) groups excluding carboxylic acids is 1. The van der Waals surface area contributed by atoms with Gasteiger partial charge in [-0.25, -0.2) is 0 Å². The van der Waals surface area contributed by atoms with Crippen molar-refractivity contribution in [3.8, 4) is 5.75 Å². The van der Waals surface area contributed by atoms with E-state index in [4.69, 9.17) is 9.84 Å². The van der Waals surface area contributed by atoms with E-state index < -0.39 is 0 Å². The van der Waals surface area contributed by atoms with E-state index in [0.717, 1.165) is 27.8 Å². The van der Waals surface area contributed by atoms with Crippen molar-refractivity contribution in [3.05, 3.63) is 59.8 Å². The summed E-state index contributed by atoms with van der Waals surface area (Å²) in [6, 6.07) is 13.4. The molecule has 26 heavy (non-hydrogen) atoms. The highest BCUT2D eigenvalue weighted by Crippen LogP contribution is 2.33. The molecule has 0 aliphatic carbocycles. The summed E-state index contributed by atoms with van der Waals surface area (Å²) in [4.78, 5) is 16.9. The Balaban J connectivity index is 2.16. The zero-order chi connectivity index (χ0) is 18.5. The predicted molar refractivity (Wildman–Crippen MR) is 103 cm³/mol. The number of hydrogen-bond donors (Lipinski definition) is 2. The van der Waals surface area contributed by atoms with Crippen LogP contribution >= 0.6 is 0 Å². The molecule has 3 aromatic rings. The normalized spacial score (nSPS) is 10.7. The summed E-state index contributed by atoms with van der Waals surface area (Å²) in [6.45, 7) is 4.01. The van der Waals surface area contributed by atoms with Crippen LogP contribution in [0.1, 0.15) is 29.3 Å². The largest absolute Gasteiger partial charge is 0.491 e. The highest BCUT2D eigenvalue weighted by Gasteiger charge is 2.16. The van der Waals surface area contributed by atoms with Crippen LogP contribution in [0.25, 0.3) is 10.9 Å². The first-order valence-electron chi connectivity index (χ1n) is 8.66. The zero-order valence-corrected chi connectivity index (χ0v) is 15.0. The lowest BCUT2D eigenvalue weighted by Gasteiger charge is -2.16. The number of nitrogens with one attached hydrogen (secondary N) is 1. The molecule has 1 aromatic heterocycles. The summed E-state index contributed by atoms with van der Waals surface area (Å²) < 4.78 is 5.53. The maximum atomic E-state index is 12.5. The smallest absolute Gasteiger partial charge is 0.166 e. The lowest BCUT2D eigenvalue weighted by atomic mass is 10.0. The second-order valence-corrected chi connectivity index (χ2v) is 6.01. The Kier molecular flexibility index (Phi) is 5.49. The molecule has 0 radical (unpaired) electrons. The SMILES string of the molecule is CCC(=O)c1cnc2ccc(OCCO)cc2c1Nc1ccccc1C. The fourth-order valence-electron chi connectivity index (χ4n) is 2.81. The molecule has 0 unspecified atom stereocenters. The van der Waals surface area contributed by atoms with Gasteiger partial charge in [-0.1, -0.05) is 25.1 Å². The Hall–Kier alpha value is -2.92. The topological polar surface area (TPSA) is 71.5 Å². The summed E-state index contributed by atoms with van der Waals surface area (Å²) in [5, 5.41) is 13.2. The average Bonchev–Trinajstić information content (AvgIpc) is 2.67. The van der Waals surface area contributed by atoms with Gasteiger partial charge in [0.15, 0.2) is 5.78 Å². The van der Waals surface area contributed by atoms with Gasteiger partial charge in [0, 0.05) is 23.7 Å². The van der Waals surface area contributed by atoms with Crippen LogP contribution in [-0.4, -0.2) is 29.1 Å². The maximum absolute atomic E-state index is 12.5. The Bertz CT molecular complexity index is 938. The van der Waals surface area contributed by atoms with Gasteiger partial charge in [0.05, 0.1) is 23.4 Å². The van der Waals surface area contributed by atoms with Crippen molar-refractivity contribution in [2.45, 2.75) is 20.3 Å². The van der Waals surface area contributed by atoms with Gasteiger partial charge in [0.2, 0.25) is 0 Å². The molecule has 0 fully saturated rings. The molecule has 0 spiro atoms. The molecule has 1 heterocycles. The number of ketones is 1. The number of carbonyl (C=O) groups is 1. The summed E-state index contributed by atoms with van der Waals surface area (Å²) >= 11 is 0. The van der Waals surface area contributed by atoms with E-state index in [1.165, 1.54) is 0 Å². The van der Waals surface area contributed by atoms with Crippen molar-refractivity contribution >= 4 is 28.1 Å². The third kappa shape index (κ3) is 3.68. The number of para-hydroxylation sites is 1. The lowest BCUT2D eigenvalue weighted by molar-refractivity contribution is 0.0989. The number of aliphatic hydroxyl groups excluding tert-OH is 1. The monoisotopic (exact) mass is 350 g/mol. The average molecular weight is 350 g/mol. The van der Waals surface area contributed by atoms with Crippen LogP contribution in [0.5, 0.6) is 5.75 Å². The number of aliphatic hydroxyl groups is 1. The first-order valence-corrected chi connectivity index (χ1v) is 8.66. The molecule has 0 saturated heterocycles. The molecule has 0 amide bonds. The summed E-state index contributed by atoms with van der Waals surface area (Å²) in [6.07, 6.45) is 2.03. The summed E-state index contributed by atoms with van der Waals surface area (Å²) in [7, 11) is 0. The minimum atomic E-state index is -0.0566. The van der Waals surface area contributed by atoms with Crippen LogP contribution in [0, 0.1) is 6.92 Å². The molecule has 0 aliphatic heterocycles. The number of rotatable bonds is 7. The van der Waals surface area contributed by atoms with Gasteiger partial charge in [-0.05, 0) is 36.8 Å². The van der Waals surface area contributed by atoms with E-state index in [1.807, 2.05) is 56.3 Å². The van der Waals surface area contributed by atoms with Crippen LogP contribution in [0.3, 0.4) is 0 Å². The number of aromatic nitrogens is 1. The van der Waals surface area contributed by atoms with E-state index in [2.05, 4.69) is 10.3 Å². The van der Waals surface area contributed by atoms with Crippen LogP contribution in [0.2, 0.25) is 0 Å². The van der Waals surface area contributed by atoms with Crippen molar-refractivity contribution in [2.75, 3.05) is 18.5 Å². The molecule has 2 aromatic carbocycles. The van der Waals surface area contributed by atoms with Crippen LogP contribution < -0.4 is 10.1 Å². The van der Waals surface area contributed by atoms with Gasteiger partial charge in [0.1, 0.15) is 12.4 Å². The van der Waals surface area contributed by atoms with E-state index >= 15 is 0 Å². The van der Waals surface area contributed by atoms with Crippen LogP contribution in [-0.2, 0) is 0 Å². The Morgan fingerprint density at radius 1 is 1.23 bits per heavy atom. The van der Waals surface area contributed by atoms with Gasteiger partial charge < -0.3 is 15.2 Å². The van der Waals surface area contributed by atoms with Gasteiger partial charge in [-0.2, -0.15) is 0 Å². The standard InChI is InChI=1S/C21H22N2O3/c1-3-20(25)17-13-22-19-9-8-15(26-11-10-24)12-16(19)21(17)23-18-7-5-4-6-14(18)2/h4-9,12-13,24H,3,10-11H2,1-2H3,(H,22,23). The number of nitrogens with zero attached hydrogens (tertiary/aromatic N) is 1. The van der Waals surface area contributed by atoms with E-state index in [9.17, 15) is 4.79 Å². The van der Waals surface area contributed by atoms with E-state index in [0.29, 0.717) is 17.7 Å². The number of hydrogen-bond acceptors (Lipinski definition) is 5. The lowest BCUT2D eigenvalue weighted by Crippen LogP contribution is -2.06. The van der Waals surface area contributed by atoms with Gasteiger partial charge in [0.25, 0.3) is 0 Å². The third-order valence-corrected chi connectivity index (χ3v) is 4.23. The Morgan fingerprint density at radius 3 is 2.77 bits per heavy atom. The van der Waals surface area contributed by atoms with Crippen LogP contribution in [0.15, 0.2) is 48.7 Å². The number of fused-ring (bicyclic) bond motifs is 1. The first kappa shape index (κ1) is 17.9.